The van der Waals surface area contributed by atoms with Crippen molar-refractivity contribution in [3.8, 4) is 0 Å². The molecule has 1 aliphatic rings. The molecule has 3 rings (SSSR count). The molecule has 2 aromatic rings. The van der Waals surface area contributed by atoms with Crippen LogP contribution in [0.3, 0.4) is 0 Å². The van der Waals surface area contributed by atoms with Gasteiger partial charge in [0, 0.05) is 45.7 Å². The molecule has 0 radical (unpaired) electrons. The molecule has 0 fully saturated rings. The van der Waals surface area contributed by atoms with Crippen LogP contribution < -0.4 is 10.9 Å². The van der Waals surface area contributed by atoms with E-state index in [4.69, 9.17) is 0 Å². The number of rotatable bonds is 3. The summed E-state index contributed by atoms with van der Waals surface area (Å²) in [6.45, 7) is 3.47. The normalized spacial score (nSPS) is 14.6. The zero-order valence-electron chi connectivity index (χ0n) is 13.5. The van der Waals surface area contributed by atoms with E-state index in [1.54, 1.807) is 24.8 Å². The molecule has 8 heteroatoms. The maximum atomic E-state index is 12.2. The predicted octanol–water partition coefficient (Wildman–Crippen LogP) is -0.181. The van der Waals surface area contributed by atoms with Gasteiger partial charge in [-0.15, -0.1) is 0 Å². The summed E-state index contributed by atoms with van der Waals surface area (Å²) in [5, 5.41) is 11.3. The molecule has 0 bridgehead atoms. The first kappa shape index (κ1) is 15.4. The molecule has 0 atom stereocenters. The molecular formula is C15H20N6O2. The van der Waals surface area contributed by atoms with Crippen molar-refractivity contribution in [1.29, 1.82) is 0 Å². The maximum absolute atomic E-state index is 12.2. The molecule has 0 saturated carbocycles. The Balaban J connectivity index is 1.65. The average Bonchev–Trinajstić information content (AvgIpc) is 2.78. The summed E-state index contributed by atoms with van der Waals surface area (Å²) < 4.78 is 3.00. The van der Waals surface area contributed by atoms with E-state index >= 15 is 0 Å². The Morgan fingerprint density at radius 1 is 1.26 bits per heavy atom. The van der Waals surface area contributed by atoms with Gasteiger partial charge in [-0.25, -0.2) is 4.68 Å². The SMILES string of the molecule is Cc1cc(NC(=O)CN2CCc3nn(C)c(=O)cc3C2)n(C)n1. The minimum Gasteiger partial charge on any atom is -0.310 e. The van der Waals surface area contributed by atoms with Crippen LogP contribution in [0.15, 0.2) is 16.9 Å². The lowest BCUT2D eigenvalue weighted by molar-refractivity contribution is -0.117. The second-order valence-corrected chi connectivity index (χ2v) is 5.88. The highest BCUT2D eigenvalue weighted by molar-refractivity contribution is 5.91. The van der Waals surface area contributed by atoms with E-state index in [1.165, 1.54) is 4.68 Å². The lowest BCUT2D eigenvalue weighted by atomic mass is 10.1. The van der Waals surface area contributed by atoms with Crippen molar-refractivity contribution in [2.24, 2.45) is 14.1 Å². The molecule has 0 aliphatic carbocycles. The quantitative estimate of drug-likeness (QED) is 0.849. The molecular weight excluding hydrogens is 296 g/mol. The van der Waals surface area contributed by atoms with Crippen molar-refractivity contribution >= 4 is 11.7 Å². The van der Waals surface area contributed by atoms with Gasteiger partial charge >= 0.3 is 0 Å². The Kier molecular flexibility index (Phi) is 3.99. The highest BCUT2D eigenvalue weighted by Gasteiger charge is 2.21. The highest BCUT2D eigenvalue weighted by atomic mass is 16.2. The molecule has 0 unspecified atom stereocenters. The van der Waals surface area contributed by atoms with Crippen molar-refractivity contribution in [2.45, 2.75) is 19.9 Å². The third kappa shape index (κ3) is 3.31. The fraction of sp³-hybridized carbons (Fsp3) is 0.467. The first-order valence-electron chi connectivity index (χ1n) is 7.51. The van der Waals surface area contributed by atoms with E-state index in [1.807, 2.05) is 17.9 Å². The van der Waals surface area contributed by atoms with E-state index in [9.17, 15) is 9.59 Å². The Bertz CT molecular complexity index is 807. The topological polar surface area (TPSA) is 85.0 Å². The van der Waals surface area contributed by atoms with Gasteiger partial charge in [0.1, 0.15) is 5.82 Å². The van der Waals surface area contributed by atoms with Gasteiger partial charge in [0.05, 0.1) is 17.9 Å². The van der Waals surface area contributed by atoms with Crippen LogP contribution in [0, 0.1) is 6.92 Å². The summed E-state index contributed by atoms with van der Waals surface area (Å²) >= 11 is 0. The number of carbonyl (C=O) groups is 1. The van der Waals surface area contributed by atoms with Crippen LogP contribution >= 0.6 is 0 Å². The lowest BCUT2D eigenvalue weighted by Gasteiger charge is -2.27. The van der Waals surface area contributed by atoms with E-state index in [0.29, 0.717) is 12.4 Å². The molecule has 0 spiro atoms. The van der Waals surface area contributed by atoms with Crippen LogP contribution in [0.4, 0.5) is 5.82 Å². The second-order valence-electron chi connectivity index (χ2n) is 5.88. The number of hydrogen-bond donors (Lipinski definition) is 1. The van der Waals surface area contributed by atoms with Crippen molar-refractivity contribution in [1.82, 2.24) is 24.5 Å². The molecule has 1 amide bonds. The number of fused-ring (bicyclic) bond motifs is 1. The largest absolute Gasteiger partial charge is 0.310 e. The van der Waals surface area contributed by atoms with Gasteiger partial charge in [-0.2, -0.15) is 10.2 Å². The monoisotopic (exact) mass is 316 g/mol. The molecule has 2 aromatic heterocycles. The molecule has 1 aliphatic heterocycles. The standard InChI is InChI=1S/C15H20N6O2/c1-10-6-13(19(2)17-10)16-14(22)9-21-5-4-12-11(8-21)7-15(23)20(3)18-12/h6-7H,4-5,8-9H2,1-3H3,(H,16,22). The summed E-state index contributed by atoms with van der Waals surface area (Å²) in [4.78, 5) is 25.9. The van der Waals surface area contributed by atoms with Gasteiger partial charge < -0.3 is 5.32 Å². The van der Waals surface area contributed by atoms with E-state index in [0.717, 1.165) is 29.9 Å². The first-order chi connectivity index (χ1) is 10.9. The minimum absolute atomic E-state index is 0.0896. The Hall–Kier alpha value is -2.48. The maximum Gasteiger partial charge on any atom is 0.266 e. The second kappa shape index (κ2) is 5.96. The molecule has 0 saturated heterocycles. The van der Waals surface area contributed by atoms with Crippen LogP contribution in [-0.2, 0) is 31.9 Å². The van der Waals surface area contributed by atoms with E-state index in [-0.39, 0.29) is 18.0 Å². The summed E-state index contributed by atoms with van der Waals surface area (Å²) in [6.07, 6.45) is 0.738. The zero-order valence-corrected chi connectivity index (χ0v) is 13.5. The van der Waals surface area contributed by atoms with Gasteiger partial charge in [-0.3, -0.25) is 19.2 Å². The molecule has 8 nitrogen and oxygen atoms in total. The molecule has 0 aromatic carbocycles. The van der Waals surface area contributed by atoms with Crippen LogP contribution in [0.2, 0.25) is 0 Å². The summed E-state index contributed by atoms with van der Waals surface area (Å²) in [7, 11) is 3.44. The third-order valence-corrected chi connectivity index (χ3v) is 3.95. The van der Waals surface area contributed by atoms with E-state index < -0.39 is 0 Å². The van der Waals surface area contributed by atoms with Crippen LogP contribution in [0.25, 0.3) is 0 Å². The number of nitrogens with zero attached hydrogens (tertiary/aromatic N) is 5. The Morgan fingerprint density at radius 3 is 2.74 bits per heavy atom. The van der Waals surface area contributed by atoms with Crippen molar-refractivity contribution in [3.63, 3.8) is 0 Å². The van der Waals surface area contributed by atoms with E-state index in [2.05, 4.69) is 15.5 Å². The molecule has 3 heterocycles. The zero-order chi connectivity index (χ0) is 16.6. The number of hydrogen-bond acceptors (Lipinski definition) is 5. The Morgan fingerprint density at radius 2 is 2.04 bits per heavy atom. The van der Waals surface area contributed by atoms with Crippen molar-refractivity contribution in [3.05, 3.63) is 39.4 Å². The first-order valence-corrected chi connectivity index (χ1v) is 7.51. The number of anilines is 1. The van der Waals surface area contributed by atoms with Gasteiger partial charge in [0.2, 0.25) is 5.91 Å². The number of nitrogens with one attached hydrogen (secondary N) is 1. The summed E-state index contributed by atoms with van der Waals surface area (Å²) in [6, 6.07) is 3.44. The summed E-state index contributed by atoms with van der Waals surface area (Å²) in [5.74, 6) is 0.591. The third-order valence-electron chi connectivity index (χ3n) is 3.95. The molecule has 23 heavy (non-hydrogen) atoms. The smallest absolute Gasteiger partial charge is 0.266 e. The fourth-order valence-electron chi connectivity index (χ4n) is 2.80. The van der Waals surface area contributed by atoms with Crippen LogP contribution in [-0.4, -0.2) is 43.5 Å². The molecule has 122 valence electrons. The molecule has 1 N–H and O–H groups in total. The highest BCUT2D eigenvalue weighted by Crippen LogP contribution is 2.15. The van der Waals surface area contributed by atoms with Gasteiger partial charge in [0.15, 0.2) is 0 Å². The number of amides is 1. The minimum atomic E-state index is -0.125. The lowest BCUT2D eigenvalue weighted by Crippen LogP contribution is -2.39. The number of aromatic nitrogens is 4. The predicted molar refractivity (Wildman–Crippen MR) is 85.0 cm³/mol. The summed E-state index contributed by atoms with van der Waals surface area (Å²) in [5.41, 5.74) is 2.58. The Labute approximate surface area is 133 Å². The van der Waals surface area contributed by atoms with Crippen molar-refractivity contribution in [2.75, 3.05) is 18.4 Å². The van der Waals surface area contributed by atoms with Gasteiger partial charge in [0.25, 0.3) is 5.56 Å². The van der Waals surface area contributed by atoms with Crippen molar-refractivity contribution < 1.29 is 4.79 Å². The number of carbonyl (C=O) groups excluding carboxylic acids is 1. The number of aryl methyl sites for hydroxylation is 3. The van der Waals surface area contributed by atoms with Crippen LogP contribution in [0.1, 0.15) is 17.0 Å². The fourth-order valence-corrected chi connectivity index (χ4v) is 2.80. The van der Waals surface area contributed by atoms with Gasteiger partial charge in [-0.1, -0.05) is 0 Å². The average molecular weight is 316 g/mol. The van der Waals surface area contributed by atoms with Gasteiger partial charge in [-0.05, 0) is 12.5 Å². The van der Waals surface area contributed by atoms with Crippen LogP contribution in [0.5, 0.6) is 0 Å².